The lowest BCUT2D eigenvalue weighted by atomic mass is 9.86. The number of nitrogens with two attached hydrogens (primary N) is 1. The molecule has 0 spiro atoms. The third-order valence-corrected chi connectivity index (χ3v) is 5.44. The third-order valence-electron chi connectivity index (χ3n) is 4.08. The predicted octanol–water partition coefficient (Wildman–Crippen LogP) is 2.68. The molecule has 1 aliphatic heterocycles. The van der Waals surface area contributed by atoms with Crippen molar-refractivity contribution in [3.8, 4) is 5.75 Å². The van der Waals surface area contributed by atoms with Crippen LogP contribution in [0, 0.1) is 5.92 Å². The van der Waals surface area contributed by atoms with Crippen molar-refractivity contribution in [3.63, 3.8) is 0 Å². The predicted molar refractivity (Wildman–Crippen MR) is 81.1 cm³/mol. The summed E-state index contributed by atoms with van der Waals surface area (Å²) >= 11 is 1.91. The Kier molecular flexibility index (Phi) is 3.80. The van der Waals surface area contributed by atoms with Crippen molar-refractivity contribution in [2.75, 3.05) is 13.7 Å². The fourth-order valence-electron chi connectivity index (χ4n) is 2.96. The fourth-order valence-corrected chi connectivity index (χ4v) is 4.46. The Balaban J connectivity index is 1.81. The molecule has 0 bridgehead atoms. The molecule has 1 heterocycles. The van der Waals surface area contributed by atoms with Crippen molar-refractivity contribution in [3.05, 3.63) is 29.8 Å². The van der Waals surface area contributed by atoms with E-state index in [1.807, 2.05) is 30.0 Å². The topological polar surface area (TPSA) is 47.6 Å². The highest BCUT2D eigenvalue weighted by molar-refractivity contribution is 8.15. The van der Waals surface area contributed by atoms with Gasteiger partial charge in [-0.15, -0.1) is 11.8 Å². The number of methoxy groups -OCH3 is 1. The molecule has 1 aliphatic carbocycles. The first-order valence-electron chi connectivity index (χ1n) is 6.89. The minimum absolute atomic E-state index is 0.479. The van der Waals surface area contributed by atoms with Crippen LogP contribution in [0.1, 0.15) is 24.8 Å². The Hall–Kier alpha value is -1.00. The zero-order chi connectivity index (χ0) is 13.2. The van der Waals surface area contributed by atoms with Crippen LogP contribution in [0.15, 0.2) is 29.3 Å². The summed E-state index contributed by atoms with van der Waals surface area (Å²) in [6, 6.07) is 8.63. The van der Waals surface area contributed by atoms with E-state index in [1.165, 1.54) is 19.3 Å². The molecule has 3 rings (SSSR count). The normalized spacial score (nSPS) is 29.8. The SMILES string of the molecule is COc1ccccc1C1=NC2CCC(CN)CC2S1. The maximum absolute atomic E-state index is 5.81. The minimum atomic E-state index is 0.479. The first-order chi connectivity index (χ1) is 9.31. The van der Waals surface area contributed by atoms with Crippen LogP contribution < -0.4 is 10.5 Å². The summed E-state index contributed by atoms with van der Waals surface area (Å²) in [5.74, 6) is 1.60. The molecule has 1 saturated carbocycles. The number of nitrogens with zero attached hydrogens (tertiary/aromatic N) is 1. The van der Waals surface area contributed by atoms with E-state index in [4.69, 9.17) is 15.5 Å². The highest BCUT2D eigenvalue weighted by Gasteiger charge is 2.36. The van der Waals surface area contributed by atoms with Crippen LogP contribution in [0.2, 0.25) is 0 Å². The van der Waals surface area contributed by atoms with Crippen molar-refractivity contribution in [1.82, 2.24) is 0 Å². The maximum atomic E-state index is 5.81. The van der Waals surface area contributed by atoms with E-state index in [9.17, 15) is 0 Å². The lowest BCUT2D eigenvalue weighted by molar-refractivity contribution is 0.347. The van der Waals surface area contributed by atoms with E-state index in [1.54, 1.807) is 7.11 Å². The van der Waals surface area contributed by atoms with E-state index >= 15 is 0 Å². The van der Waals surface area contributed by atoms with Gasteiger partial charge in [-0.3, -0.25) is 4.99 Å². The first-order valence-corrected chi connectivity index (χ1v) is 7.77. The van der Waals surface area contributed by atoms with Crippen LogP contribution in [-0.2, 0) is 0 Å². The summed E-state index contributed by atoms with van der Waals surface area (Å²) < 4.78 is 5.44. The summed E-state index contributed by atoms with van der Waals surface area (Å²) in [7, 11) is 1.72. The zero-order valence-corrected chi connectivity index (χ0v) is 12.0. The number of aliphatic imine (C=N–C) groups is 1. The van der Waals surface area contributed by atoms with Crippen molar-refractivity contribution < 1.29 is 4.74 Å². The van der Waals surface area contributed by atoms with Gasteiger partial charge in [0.1, 0.15) is 10.8 Å². The molecule has 19 heavy (non-hydrogen) atoms. The van der Waals surface area contributed by atoms with Gasteiger partial charge >= 0.3 is 0 Å². The summed E-state index contributed by atoms with van der Waals surface area (Å²) in [5, 5.41) is 1.76. The summed E-state index contributed by atoms with van der Waals surface area (Å²) in [6.07, 6.45) is 3.60. The van der Waals surface area contributed by atoms with Gasteiger partial charge in [-0.1, -0.05) is 12.1 Å². The van der Waals surface area contributed by atoms with E-state index < -0.39 is 0 Å². The van der Waals surface area contributed by atoms with Crippen molar-refractivity contribution in [2.45, 2.75) is 30.6 Å². The highest BCUT2D eigenvalue weighted by atomic mass is 32.2. The quantitative estimate of drug-likeness (QED) is 0.923. The fraction of sp³-hybridized carbons (Fsp3) is 0.533. The number of hydrogen-bond acceptors (Lipinski definition) is 4. The molecule has 102 valence electrons. The molecule has 1 fully saturated rings. The molecule has 3 unspecified atom stereocenters. The van der Waals surface area contributed by atoms with Gasteiger partial charge in [0.2, 0.25) is 0 Å². The smallest absolute Gasteiger partial charge is 0.128 e. The van der Waals surface area contributed by atoms with Crippen LogP contribution >= 0.6 is 11.8 Å². The second-order valence-corrected chi connectivity index (χ2v) is 6.50. The van der Waals surface area contributed by atoms with Gasteiger partial charge in [-0.25, -0.2) is 0 Å². The number of thioether (sulfide) groups is 1. The molecule has 2 aliphatic rings. The molecule has 0 saturated heterocycles. The lowest BCUT2D eigenvalue weighted by Crippen LogP contribution is -2.31. The van der Waals surface area contributed by atoms with Gasteiger partial charge in [0.15, 0.2) is 0 Å². The minimum Gasteiger partial charge on any atom is -0.496 e. The van der Waals surface area contributed by atoms with Gasteiger partial charge in [0, 0.05) is 10.8 Å². The molecule has 3 nitrogen and oxygen atoms in total. The van der Waals surface area contributed by atoms with E-state index in [0.29, 0.717) is 17.2 Å². The largest absolute Gasteiger partial charge is 0.496 e. The molecule has 1 aromatic rings. The summed E-state index contributed by atoms with van der Waals surface area (Å²) in [6.45, 7) is 0.813. The number of hydrogen-bond donors (Lipinski definition) is 1. The Morgan fingerprint density at radius 2 is 2.21 bits per heavy atom. The standard InChI is InChI=1S/C15H20N2OS/c1-18-13-5-3-2-4-11(13)15-17-12-7-6-10(9-16)8-14(12)19-15/h2-5,10,12,14H,6-9,16H2,1H3. The van der Waals surface area contributed by atoms with Gasteiger partial charge in [-0.05, 0) is 43.9 Å². The molecule has 0 radical (unpaired) electrons. The van der Waals surface area contributed by atoms with Crippen LogP contribution in [0.4, 0.5) is 0 Å². The molecule has 4 heteroatoms. The Bertz CT molecular complexity index is 489. The summed E-state index contributed by atoms with van der Waals surface area (Å²) in [4.78, 5) is 4.92. The molecule has 0 amide bonds. The van der Waals surface area contributed by atoms with E-state index in [0.717, 1.165) is 22.9 Å². The Morgan fingerprint density at radius 1 is 1.37 bits per heavy atom. The van der Waals surface area contributed by atoms with Crippen molar-refractivity contribution in [1.29, 1.82) is 0 Å². The van der Waals surface area contributed by atoms with Gasteiger partial charge in [-0.2, -0.15) is 0 Å². The molecule has 3 atom stereocenters. The molecular weight excluding hydrogens is 256 g/mol. The number of ether oxygens (including phenoxy) is 1. The highest BCUT2D eigenvalue weighted by Crippen LogP contribution is 2.42. The first kappa shape index (κ1) is 13.0. The van der Waals surface area contributed by atoms with Crippen LogP contribution in [-0.4, -0.2) is 30.0 Å². The second-order valence-electron chi connectivity index (χ2n) is 5.27. The lowest BCUT2D eigenvalue weighted by Gasteiger charge is -2.28. The third kappa shape index (κ3) is 2.51. The second kappa shape index (κ2) is 5.55. The average molecular weight is 276 g/mol. The Labute approximate surface area is 118 Å². The van der Waals surface area contributed by atoms with E-state index in [2.05, 4.69) is 6.07 Å². The Morgan fingerprint density at radius 3 is 3.00 bits per heavy atom. The number of para-hydroxylation sites is 1. The number of fused-ring (bicyclic) bond motifs is 1. The summed E-state index contributed by atoms with van der Waals surface area (Å²) in [5.41, 5.74) is 6.94. The maximum Gasteiger partial charge on any atom is 0.128 e. The van der Waals surface area contributed by atoms with Crippen LogP contribution in [0.25, 0.3) is 0 Å². The molecule has 2 N–H and O–H groups in total. The van der Waals surface area contributed by atoms with E-state index in [-0.39, 0.29) is 0 Å². The molecule has 0 aromatic heterocycles. The van der Waals surface area contributed by atoms with Crippen LogP contribution in [0.5, 0.6) is 5.75 Å². The molecular formula is C15H20N2OS. The monoisotopic (exact) mass is 276 g/mol. The van der Waals surface area contributed by atoms with Gasteiger partial charge in [0.25, 0.3) is 0 Å². The average Bonchev–Trinajstić information content (AvgIpc) is 2.89. The van der Waals surface area contributed by atoms with Crippen molar-refractivity contribution in [2.24, 2.45) is 16.6 Å². The number of benzene rings is 1. The van der Waals surface area contributed by atoms with Crippen LogP contribution in [0.3, 0.4) is 0 Å². The molecule has 1 aromatic carbocycles. The number of rotatable bonds is 3. The van der Waals surface area contributed by atoms with Gasteiger partial charge in [0.05, 0.1) is 13.2 Å². The van der Waals surface area contributed by atoms with Gasteiger partial charge < -0.3 is 10.5 Å². The zero-order valence-electron chi connectivity index (χ0n) is 11.2. The van der Waals surface area contributed by atoms with Crippen molar-refractivity contribution >= 4 is 16.8 Å².